The van der Waals surface area contributed by atoms with Gasteiger partial charge < -0.3 is 19.1 Å². The normalized spacial score (nSPS) is 21.2. The van der Waals surface area contributed by atoms with Crippen molar-refractivity contribution in [2.75, 3.05) is 57.9 Å². The highest BCUT2D eigenvalue weighted by Gasteiger charge is 2.34. The molecule has 3 heterocycles. The van der Waals surface area contributed by atoms with Crippen molar-refractivity contribution in [3.05, 3.63) is 35.5 Å². The van der Waals surface area contributed by atoms with Gasteiger partial charge in [-0.15, -0.1) is 0 Å². The van der Waals surface area contributed by atoms with Crippen LogP contribution in [0.2, 0.25) is 0 Å². The first-order chi connectivity index (χ1) is 16.3. The number of rotatable bonds is 7. The number of likely N-dealkylation sites (tertiary alicyclic amines) is 1. The average molecular weight is 487 g/mol. The van der Waals surface area contributed by atoms with Gasteiger partial charge in [0, 0.05) is 13.1 Å². The van der Waals surface area contributed by atoms with Crippen LogP contribution in [-0.4, -0.2) is 64.1 Å². The van der Waals surface area contributed by atoms with E-state index in [9.17, 15) is 13.2 Å². The summed E-state index contributed by atoms with van der Waals surface area (Å²) in [5.41, 5.74) is 1.42. The van der Waals surface area contributed by atoms with Crippen molar-refractivity contribution >= 4 is 5.69 Å². The molecule has 34 heavy (non-hydrogen) atoms. The Hall–Kier alpha value is -2.16. The fourth-order valence-corrected chi connectivity index (χ4v) is 5.18. The fraction of sp³-hybridized carbons (Fsp3) is 0.680. The van der Waals surface area contributed by atoms with E-state index >= 15 is 4.39 Å². The fourth-order valence-electron chi connectivity index (χ4n) is 5.18. The van der Waals surface area contributed by atoms with Crippen LogP contribution in [0, 0.1) is 11.7 Å². The number of halogens is 4. The monoisotopic (exact) mass is 486 g/mol. The summed E-state index contributed by atoms with van der Waals surface area (Å²) in [6, 6.07) is 3.53. The van der Waals surface area contributed by atoms with Crippen LogP contribution in [0.3, 0.4) is 0 Å². The molecule has 0 unspecified atom stereocenters. The summed E-state index contributed by atoms with van der Waals surface area (Å²) < 4.78 is 70.4. The maximum atomic E-state index is 15.5. The number of piperidine rings is 2. The van der Waals surface area contributed by atoms with Gasteiger partial charge in [0.05, 0.1) is 32.6 Å². The van der Waals surface area contributed by atoms with Crippen molar-refractivity contribution in [2.45, 2.75) is 50.6 Å². The number of hydrogen-bond acceptors (Lipinski definition) is 5. The summed E-state index contributed by atoms with van der Waals surface area (Å²) in [4.78, 5) is 3.51. The van der Waals surface area contributed by atoms with Crippen LogP contribution in [0.25, 0.3) is 0 Å². The Labute approximate surface area is 198 Å². The second kappa shape index (κ2) is 11.1. The van der Waals surface area contributed by atoms with E-state index in [1.807, 2.05) is 12.1 Å². The highest BCUT2D eigenvalue weighted by molar-refractivity contribution is 5.60. The largest absolute Gasteiger partial charge is 0.494 e. The molecule has 0 bridgehead atoms. The Bertz CT molecular complexity index is 845. The zero-order valence-electron chi connectivity index (χ0n) is 19.7. The highest BCUT2D eigenvalue weighted by atomic mass is 19.4. The van der Waals surface area contributed by atoms with Crippen molar-refractivity contribution in [3.63, 3.8) is 0 Å². The molecule has 0 radical (unpaired) electrons. The summed E-state index contributed by atoms with van der Waals surface area (Å²) in [5, 5.41) is 0. The van der Waals surface area contributed by atoms with Gasteiger partial charge in [-0.2, -0.15) is 13.2 Å². The standard InChI is InChI=1S/C25H34F4N2O3/c1-32-21-6-5-20(19-9-11-30(12-10-19)17-25(27,28)29)24(23(21)26)31-13-7-18(8-14-31)16-34-22-4-2-3-15-33-22/h4-6,18-19H,2-3,7-17H2,1H3. The van der Waals surface area contributed by atoms with Crippen LogP contribution in [-0.2, 0) is 9.47 Å². The Morgan fingerprint density at radius 2 is 1.79 bits per heavy atom. The van der Waals surface area contributed by atoms with Gasteiger partial charge in [0.15, 0.2) is 11.6 Å². The van der Waals surface area contributed by atoms with Crippen molar-refractivity contribution < 1.29 is 31.8 Å². The Morgan fingerprint density at radius 1 is 1.06 bits per heavy atom. The molecule has 9 heteroatoms. The lowest BCUT2D eigenvalue weighted by Gasteiger charge is -2.38. The van der Waals surface area contributed by atoms with E-state index in [-0.39, 0.29) is 17.5 Å². The summed E-state index contributed by atoms with van der Waals surface area (Å²) in [6.45, 7) is 2.49. The molecule has 1 aromatic carbocycles. The molecule has 0 N–H and O–H groups in total. The number of methoxy groups -OCH3 is 1. The second-order valence-corrected chi connectivity index (χ2v) is 9.44. The molecule has 4 rings (SSSR count). The van der Waals surface area contributed by atoms with E-state index in [1.165, 1.54) is 12.0 Å². The van der Waals surface area contributed by atoms with Crippen LogP contribution in [0.5, 0.6) is 5.75 Å². The second-order valence-electron chi connectivity index (χ2n) is 9.44. The van der Waals surface area contributed by atoms with Gasteiger partial charge in [0.25, 0.3) is 5.95 Å². The van der Waals surface area contributed by atoms with E-state index in [0.29, 0.717) is 69.8 Å². The van der Waals surface area contributed by atoms with Crippen molar-refractivity contribution in [1.29, 1.82) is 0 Å². The van der Waals surface area contributed by atoms with Crippen LogP contribution in [0.15, 0.2) is 24.2 Å². The van der Waals surface area contributed by atoms with Gasteiger partial charge in [-0.3, -0.25) is 4.90 Å². The SMILES string of the molecule is COc1ccc(C2CCN(CC(F)(F)F)CC2)c(N2CCC(COC3=CCCCO3)CC2)c1F. The third-order valence-corrected chi connectivity index (χ3v) is 7.06. The van der Waals surface area contributed by atoms with Gasteiger partial charge >= 0.3 is 6.18 Å². The van der Waals surface area contributed by atoms with Gasteiger partial charge in [-0.05, 0) is 81.2 Å². The predicted molar refractivity (Wildman–Crippen MR) is 122 cm³/mol. The first-order valence-corrected chi connectivity index (χ1v) is 12.2. The molecule has 1 aromatic rings. The number of alkyl halides is 3. The van der Waals surface area contributed by atoms with E-state index in [2.05, 4.69) is 4.90 Å². The molecule has 0 saturated carbocycles. The minimum Gasteiger partial charge on any atom is -0.494 e. The van der Waals surface area contributed by atoms with E-state index in [4.69, 9.17) is 14.2 Å². The lowest BCUT2D eigenvalue weighted by molar-refractivity contribution is -0.147. The first kappa shape index (κ1) is 24.9. The van der Waals surface area contributed by atoms with Gasteiger partial charge in [-0.1, -0.05) is 6.07 Å². The molecular weight excluding hydrogens is 452 g/mol. The van der Waals surface area contributed by atoms with Crippen molar-refractivity contribution in [3.8, 4) is 5.75 Å². The Balaban J connectivity index is 1.41. The molecule has 0 amide bonds. The van der Waals surface area contributed by atoms with Crippen molar-refractivity contribution in [1.82, 2.24) is 4.90 Å². The van der Waals surface area contributed by atoms with Gasteiger partial charge in [0.2, 0.25) is 0 Å². The van der Waals surface area contributed by atoms with Crippen LogP contribution in [0.1, 0.15) is 50.0 Å². The van der Waals surface area contributed by atoms with Crippen LogP contribution >= 0.6 is 0 Å². The minimum atomic E-state index is -4.20. The Morgan fingerprint density at radius 3 is 2.41 bits per heavy atom. The van der Waals surface area contributed by atoms with Gasteiger partial charge in [0.1, 0.15) is 0 Å². The van der Waals surface area contributed by atoms with E-state index in [1.54, 1.807) is 6.07 Å². The predicted octanol–water partition coefficient (Wildman–Crippen LogP) is 5.46. The van der Waals surface area contributed by atoms with Crippen LogP contribution < -0.4 is 9.64 Å². The molecule has 0 spiro atoms. The maximum Gasteiger partial charge on any atom is 0.401 e. The highest BCUT2D eigenvalue weighted by Crippen LogP contribution is 2.41. The minimum absolute atomic E-state index is 0.0244. The summed E-state index contributed by atoms with van der Waals surface area (Å²) in [5.74, 6) is 0.821. The molecule has 0 atom stereocenters. The molecule has 0 aliphatic carbocycles. The maximum absolute atomic E-state index is 15.5. The molecule has 190 valence electrons. The molecule has 2 saturated heterocycles. The molecule has 5 nitrogen and oxygen atoms in total. The topological polar surface area (TPSA) is 34.2 Å². The zero-order chi connectivity index (χ0) is 24.1. The quantitative estimate of drug-likeness (QED) is 0.478. The van der Waals surface area contributed by atoms with Crippen molar-refractivity contribution in [2.24, 2.45) is 5.92 Å². The number of anilines is 1. The number of hydrogen-bond donors (Lipinski definition) is 0. The number of ether oxygens (including phenoxy) is 3. The molecule has 3 aliphatic rings. The lowest BCUT2D eigenvalue weighted by atomic mass is 9.86. The number of nitrogens with zero attached hydrogens (tertiary/aromatic N) is 2. The third kappa shape index (κ3) is 6.29. The Kier molecular flexibility index (Phi) is 8.11. The summed E-state index contributed by atoms with van der Waals surface area (Å²) in [6.07, 6.45) is 2.67. The number of allylic oxidation sites excluding steroid dienone is 1. The number of benzene rings is 1. The summed E-state index contributed by atoms with van der Waals surface area (Å²) in [7, 11) is 1.45. The average Bonchev–Trinajstić information content (AvgIpc) is 2.83. The third-order valence-electron chi connectivity index (χ3n) is 7.06. The molecule has 0 aromatic heterocycles. The molecule has 2 fully saturated rings. The zero-order valence-corrected chi connectivity index (χ0v) is 19.7. The molecule has 3 aliphatic heterocycles. The van der Waals surface area contributed by atoms with E-state index in [0.717, 1.165) is 31.2 Å². The van der Waals surface area contributed by atoms with Crippen LogP contribution in [0.4, 0.5) is 23.2 Å². The lowest BCUT2D eigenvalue weighted by Crippen LogP contribution is -2.40. The first-order valence-electron chi connectivity index (χ1n) is 12.2. The van der Waals surface area contributed by atoms with Gasteiger partial charge in [-0.25, -0.2) is 4.39 Å². The summed E-state index contributed by atoms with van der Waals surface area (Å²) >= 11 is 0. The molecular formula is C25H34F4N2O3. The van der Waals surface area contributed by atoms with E-state index < -0.39 is 12.7 Å². The smallest absolute Gasteiger partial charge is 0.401 e.